The highest BCUT2D eigenvalue weighted by atomic mass is 19.1. The lowest BCUT2D eigenvalue weighted by Crippen LogP contribution is -2.30. The topological polar surface area (TPSA) is 24.5 Å². The van der Waals surface area contributed by atoms with Gasteiger partial charge in [0.25, 0.3) is 12.5 Å². The Morgan fingerprint density at radius 2 is 1.00 bits per heavy atom. The number of hydrogen-bond donors (Lipinski definition) is 0. The molecule has 4 aliphatic rings. The van der Waals surface area contributed by atoms with Crippen molar-refractivity contribution in [2.45, 2.75) is 53.0 Å². The average Bonchev–Trinajstić information content (AvgIpc) is 3.13. The van der Waals surface area contributed by atoms with Gasteiger partial charge in [-0.2, -0.15) is 9.15 Å². The quantitative estimate of drug-likeness (QED) is 0.201. The highest BCUT2D eigenvalue weighted by Gasteiger charge is 2.27. The number of rotatable bonds is 2. The Bertz CT molecular complexity index is 1810. The molecule has 2 aliphatic heterocycles. The van der Waals surface area contributed by atoms with Gasteiger partial charge in [0.15, 0.2) is 12.4 Å². The van der Waals surface area contributed by atoms with Crippen molar-refractivity contribution >= 4 is 23.8 Å². The van der Waals surface area contributed by atoms with Crippen LogP contribution in [-0.2, 0) is 0 Å². The molecule has 0 saturated carbocycles. The predicted octanol–water partition coefficient (Wildman–Crippen LogP) is 10.8. The van der Waals surface area contributed by atoms with E-state index in [4.69, 9.17) is 9.47 Å². The van der Waals surface area contributed by atoms with Gasteiger partial charge in [-0.05, 0) is 55.0 Å². The molecule has 4 nitrogen and oxygen atoms in total. The molecule has 5 heteroatoms. The normalized spacial score (nSPS) is 20.8. The number of hydrogen-bond acceptors (Lipinski definition) is 2. The van der Waals surface area contributed by atoms with E-state index >= 15 is 0 Å². The number of nitrogens with zero attached hydrogens (tertiary/aromatic N) is 2. The zero-order valence-corrected chi connectivity index (χ0v) is 28.9. The minimum absolute atomic E-state index is 0.0206. The summed E-state index contributed by atoms with van der Waals surface area (Å²) in [7, 11) is 0. The van der Waals surface area contributed by atoms with Crippen molar-refractivity contribution in [3.8, 4) is 11.5 Å². The van der Waals surface area contributed by atoms with Crippen LogP contribution in [0.5, 0.6) is 11.5 Å². The SMILES string of the molecule is CC1C=CC=CC1.CC1C=CC=CC1.CC1Oc2ccc(F)cc2C=[N+]1c1ccccc1.CC1Oc2ccccc2C=[N+]1c1ccccc1. The van der Waals surface area contributed by atoms with Crippen molar-refractivity contribution in [3.63, 3.8) is 0 Å². The molecule has 4 aromatic carbocycles. The molecule has 0 N–H and O–H groups in total. The van der Waals surface area contributed by atoms with Crippen LogP contribution >= 0.6 is 0 Å². The van der Waals surface area contributed by atoms with E-state index in [1.165, 1.54) is 25.0 Å². The highest BCUT2D eigenvalue weighted by Crippen LogP contribution is 2.27. The zero-order valence-electron chi connectivity index (χ0n) is 28.9. The number of allylic oxidation sites excluding steroid dienone is 8. The lowest BCUT2D eigenvalue weighted by Gasteiger charge is -2.19. The molecule has 0 bridgehead atoms. The van der Waals surface area contributed by atoms with Crippen molar-refractivity contribution < 1.29 is 23.0 Å². The molecule has 2 heterocycles. The molecule has 0 amide bonds. The first-order chi connectivity index (χ1) is 23.9. The van der Waals surface area contributed by atoms with Crippen LogP contribution in [0.25, 0.3) is 0 Å². The third-order valence-corrected chi connectivity index (χ3v) is 8.32. The Morgan fingerprint density at radius 3 is 1.47 bits per heavy atom. The van der Waals surface area contributed by atoms with Gasteiger partial charge in [0, 0.05) is 38.1 Å². The number of para-hydroxylation sites is 3. The lowest BCUT2D eigenvalue weighted by molar-refractivity contribution is -0.522. The Labute approximate surface area is 291 Å². The largest absolute Gasteiger partial charge is 0.433 e. The Hall–Kier alpha value is -5.29. The van der Waals surface area contributed by atoms with Gasteiger partial charge in [0.2, 0.25) is 11.4 Å². The van der Waals surface area contributed by atoms with Gasteiger partial charge in [0.05, 0.1) is 11.1 Å². The Kier molecular flexibility index (Phi) is 12.7. The van der Waals surface area contributed by atoms with Crippen LogP contribution in [0.3, 0.4) is 0 Å². The molecule has 49 heavy (non-hydrogen) atoms. The van der Waals surface area contributed by atoms with Gasteiger partial charge in [0.1, 0.15) is 17.3 Å². The maximum Gasteiger partial charge on any atom is 0.299 e. The minimum atomic E-state index is -0.254. The molecule has 2 aliphatic carbocycles. The molecule has 4 unspecified atom stereocenters. The molecule has 4 aromatic rings. The number of fused-ring (bicyclic) bond motifs is 2. The number of ether oxygens (including phenoxy) is 2. The lowest BCUT2D eigenvalue weighted by atomic mass is 10.0. The van der Waals surface area contributed by atoms with E-state index in [1.807, 2.05) is 84.4 Å². The first-order valence-electron chi connectivity index (χ1n) is 17.1. The molecule has 8 rings (SSSR count). The maximum atomic E-state index is 13.2. The van der Waals surface area contributed by atoms with Gasteiger partial charge in [-0.1, -0.05) is 111 Å². The van der Waals surface area contributed by atoms with Crippen LogP contribution in [0.2, 0.25) is 0 Å². The fourth-order valence-electron chi connectivity index (χ4n) is 5.59. The molecule has 0 fully saturated rings. The summed E-state index contributed by atoms with van der Waals surface area (Å²) in [6, 6.07) is 32.8. The molecule has 0 aromatic heterocycles. The van der Waals surface area contributed by atoms with E-state index < -0.39 is 0 Å². The second kappa shape index (κ2) is 17.7. The first-order valence-corrected chi connectivity index (χ1v) is 17.1. The zero-order chi connectivity index (χ0) is 34.4. The van der Waals surface area contributed by atoms with Crippen molar-refractivity contribution in [1.82, 2.24) is 0 Å². The molecule has 0 saturated heterocycles. The maximum absolute atomic E-state index is 13.2. The van der Waals surface area contributed by atoms with E-state index in [0.29, 0.717) is 0 Å². The molecular formula is C44H47FN2O2+2. The molecule has 4 atom stereocenters. The van der Waals surface area contributed by atoms with Crippen molar-refractivity contribution in [3.05, 3.63) is 169 Å². The molecular weight excluding hydrogens is 607 g/mol. The van der Waals surface area contributed by atoms with Crippen LogP contribution in [0.15, 0.2) is 152 Å². The van der Waals surface area contributed by atoms with Crippen LogP contribution < -0.4 is 9.47 Å². The number of halogens is 1. The van der Waals surface area contributed by atoms with Crippen molar-refractivity contribution in [1.29, 1.82) is 0 Å². The summed E-state index contributed by atoms with van der Waals surface area (Å²) in [5.41, 5.74) is 4.06. The summed E-state index contributed by atoms with van der Waals surface area (Å²) in [6.45, 7) is 8.47. The summed E-state index contributed by atoms with van der Waals surface area (Å²) < 4.78 is 29.0. The van der Waals surface area contributed by atoms with E-state index in [2.05, 4.69) is 98.4 Å². The van der Waals surface area contributed by atoms with E-state index in [-0.39, 0.29) is 18.3 Å². The molecule has 0 spiro atoms. The van der Waals surface area contributed by atoms with Crippen LogP contribution in [-0.4, -0.2) is 34.0 Å². The second-order valence-corrected chi connectivity index (χ2v) is 12.5. The fourth-order valence-corrected chi connectivity index (χ4v) is 5.59. The third-order valence-electron chi connectivity index (χ3n) is 8.32. The summed E-state index contributed by atoms with van der Waals surface area (Å²) in [5.74, 6) is 2.95. The van der Waals surface area contributed by atoms with E-state index in [1.54, 1.807) is 6.07 Å². The van der Waals surface area contributed by atoms with Gasteiger partial charge >= 0.3 is 0 Å². The van der Waals surface area contributed by atoms with Gasteiger partial charge in [-0.3, -0.25) is 0 Å². The van der Waals surface area contributed by atoms with E-state index in [9.17, 15) is 4.39 Å². The van der Waals surface area contributed by atoms with Crippen molar-refractivity contribution in [2.75, 3.05) is 0 Å². The predicted molar refractivity (Wildman–Crippen MR) is 200 cm³/mol. The minimum Gasteiger partial charge on any atom is -0.433 e. The summed E-state index contributed by atoms with van der Waals surface area (Å²) in [6.07, 6.45) is 23.7. The average molecular weight is 655 g/mol. The standard InChI is InChI=1S/C15H13FNO.C15H14NO.2C7H10/c1-11-17(14-5-3-2-4-6-14)10-12-9-13(16)7-8-15(12)18-11;1-12-16(14-8-3-2-4-9-14)11-13-7-5-6-10-15(13)17-12;2*1-7-5-3-2-4-6-7/h2-11H,1H3;2-12H,1H3;2*2-5,7H,6H2,1H3/q2*+1;;. The summed E-state index contributed by atoms with van der Waals surface area (Å²) >= 11 is 0. The van der Waals surface area contributed by atoms with Crippen molar-refractivity contribution in [2.24, 2.45) is 11.8 Å². The van der Waals surface area contributed by atoms with Gasteiger partial charge < -0.3 is 9.47 Å². The highest BCUT2D eigenvalue weighted by molar-refractivity contribution is 5.82. The van der Waals surface area contributed by atoms with Crippen LogP contribution in [0.1, 0.15) is 51.7 Å². The molecule has 250 valence electrons. The van der Waals surface area contributed by atoms with Crippen LogP contribution in [0, 0.1) is 17.7 Å². The molecule has 0 radical (unpaired) electrons. The Morgan fingerprint density at radius 1 is 0.531 bits per heavy atom. The third kappa shape index (κ3) is 10.3. The fraction of sp³-hybridized carbons (Fsp3) is 0.227. The van der Waals surface area contributed by atoms with Gasteiger partial charge in [-0.25, -0.2) is 4.39 Å². The monoisotopic (exact) mass is 654 g/mol. The smallest absolute Gasteiger partial charge is 0.299 e. The Balaban J connectivity index is 0.000000139. The van der Waals surface area contributed by atoms with E-state index in [0.717, 1.165) is 45.8 Å². The second-order valence-electron chi connectivity index (χ2n) is 12.5. The first kappa shape index (κ1) is 35.0. The summed E-state index contributed by atoms with van der Waals surface area (Å²) in [4.78, 5) is 0. The van der Waals surface area contributed by atoms with Gasteiger partial charge in [-0.15, -0.1) is 0 Å². The number of benzene rings is 4. The summed E-state index contributed by atoms with van der Waals surface area (Å²) in [5, 5.41) is 0. The van der Waals surface area contributed by atoms with Crippen LogP contribution in [0.4, 0.5) is 15.8 Å².